The zero-order valence-electron chi connectivity index (χ0n) is 16.9. The average molecular weight is 414 g/mol. The molecule has 0 aromatic heterocycles. The van der Waals surface area contributed by atoms with Gasteiger partial charge < -0.3 is 14.8 Å². The molecule has 1 N–H and O–H groups in total. The number of benzene rings is 3. The Kier molecular flexibility index (Phi) is 6.99. The van der Waals surface area contributed by atoms with Crippen LogP contribution < -0.4 is 14.8 Å². The number of aryl methyl sites for hydroxylation is 2. The molecule has 0 aliphatic rings. The number of hydrogen-bond acceptors (Lipinski definition) is 3. The van der Waals surface area contributed by atoms with Gasteiger partial charge in [-0.25, -0.2) is 4.39 Å². The second kappa shape index (κ2) is 9.66. The van der Waals surface area contributed by atoms with Crippen molar-refractivity contribution in [2.75, 3.05) is 11.9 Å². The molecule has 5 heteroatoms. The van der Waals surface area contributed by atoms with Gasteiger partial charge in [0.25, 0.3) is 0 Å². The smallest absolute Gasteiger partial charge is 0.180 e. The molecule has 3 nitrogen and oxygen atoms in total. The van der Waals surface area contributed by atoms with Crippen LogP contribution in [0.3, 0.4) is 0 Å². The van der Waals surface area contributed by atoms with E-state index in [-0.39, 0.29) is 12.4 Å². The van der Waals surface area contributed by atoms with E-state index in [0.29, 0.717) is 35.2 Å². The van der Waals surface area contributed by atoms with E-state index in [2.05, 4.69) is 37.4 Å². The van der Waals surface area contributed by atoms with E-state index in [4.69, 9.17) is 21.1 Å². The van der Waals surface area contributed by atoms with E-state index >= 15 is 0 Å². The van der Waals surface area contributed by atoms with Crippen molar-refractivity contribution in [3.8, 4) is 11.5 Å². The molecule has 0 fully saturated rings. The lowest BCUT2D eigenvalue weighted by atomic mass is 10.1. The molecule has 0 atom stereocenters. The van der Waals surface area contributed by atoms with Gasteiger partial charge in [-0.05, 0) is 61.7 Å². The lowest BCUT2D eigenvalue weighted by molar-refractivity contribution is 0.266. The van der Waals surface area contributed by atoms with Crippen molar-refractivity contribution in [2.45, 2.75) is 33.9 Å². The summed E-state index contributed by atoms with van der Waals surface area (Å²) in [6.07, 6.45) is 0. The van der Waals surface area contributed by atoms with Crippen molar-refractivity contribution < 1.29 is 13.9 Å². The Morgan fingerprint density at radius 3 is 2.55 bits per heavy atom. The first kappa shape index (κ1) is 21.0. The van der Waals surface area contributed by atoms with Gasteiger partial charge in [0.1, 0.15) is 12.4 Å². The number of halogens is 2. The molecule has 0 aliphatic heterocycles. The molecule has 0 aliphatic carbocycles. The molecule has 3 aromatic rings. The molecule has 0 radical (unpaired) electrons. The summed E-state index contributed by atoms with van der Waals surface area (Å²) in [5.74, 6) is 0.664. The van der Waals surface area contributed by atoms with E-state index in [0.717, 1.165) is 11.3 Å². The highest BCUT2D eigenvalue weighted by molar-refractivity contribution is 6.32. The Balaban J connectivity index is 1.78. The van der Waals surface area contributed by atoms with Crippen molar-refractivity contribution in [2.24, 2.45) is 0 Å². The summed E-state index contributed by atoms with van der Waals surface area (Å²) in [5, 5.41) is 3.88. The number of anilines is 1. The average Bonchev–Trinajstić information content (AvgIpc) is 2.69. The summed E-state index contributed by atoms with van der Waals surface area (Å²) in [4.78, 5) is 0. The summed E-state index contributed by atoms with van der Waals surface area (Å²) >= 11 is 6.49. The van der Waals surface area contributed by atoms with E-state index in [1.807, 2.05) is 19.1 Å². The van der Waals surface area contributed by atoms with Crippen molar-refractivity contribution in [3.63, 3.8) is 0 Å². The first-order valence-electron chi connectivity index (χ1n) is 9.60. The third kappa shape index (κ3) is 5.42. The lowest BCUT2D eigenvalue weighted by Crippen LogP contribution is -2.05. The Bertz CT molecular complexity index is 991. The molecule has 0 unspecified atom stereocenters. The summed E-state index contributed by atoms with van der Waals surface area (Å²) in [7, 11) is 0. The van der Waals surface area contributed by atoms with E-state index in [1.54, 1.807) is 18.2 Å². The van der Waals surface area contributed by atoms with Gasteiger partial charge in [-0.3, -0.25) is 0 Å². The Morgan fingerprint density at radius 2 is 1.79 bits per heavy atom. The third-order valence-corrected chi connectivity index (χ3v) is 4.86. The largest absolute Gasteiger partial charge is 0.490 e. The van der Waals surface area contributed by atoms with E-state index < -0.39 is 0 Å². The fraction of sp³-hybridized carbons (Fsp3) is 0.250. The first-order chi connectivity index (χ1) is 14.0. The van der Waals surface area contributed by atoms with E-state index in [9.17, 15) is 4.39 Å². The second-order valence-electron chi connectivity index (χ2n) is 6.89. The maximum atomic E-state index is 13.9. The highest BCUT2D eigenvalue weighted by Crippen LogP contribution is 2.37. The number of ether oxygens (including phenoxy) is 2. The molecule has 3 rings (SSSR count). The van der Waals surface area contributed by atoms with Crippen molar-refractivity contribution in [1.82, 2.24) is 0 Å². The van der Waals surface area contributed by atoms with Crippen LogP contribution in [0.1, 0.15) is 29.2 Å². The minimum absolute atomic E-state index is 0.0759. The number of hydrogen-bond donors (Lipinski definition) is 1. The Hall–Kier alpha value is -2.72. The van der Waals surface area contributed by atoms with Crippen LogP contribution in [-0.2, 0) is 13.2 Å². The van der Waals surface area contributed by atoms with Crippen LogP contribution >= 0.6 is 11.6 Å². The van der Waals surface area contributed by atoms with Crippen LogP contribution in [0.15, 0.2) is 54.6 Å². The van der Waals surface area contributed by atoms with Crippen LogP contribution in [0.4, 0.5) is 10.1 Å². The fourth-order valence-corrected chi connectivity index (χ4v) is 3.30. The molecular formula is C24H25ClFNO2. The van der Waals surface area contributed by atoms with Crippen molar-refractivity contribution in [3.05, 3.63) is 87.7 Å². The summed E-state index contributed by atoms with van der Waals surface area (Å²) in [6, 6.07) is 16.6. The van der Waals surface area contributed by atoms with Gasteiger partial charge in [0, 0.05) is 17.8 Å². The molecule has 0 amide bonds. The normalized spacial score (nSPS) is 10.7. The number of rotatable bonds is 8. The van der Waals surface area contributed by atoms with Gasteiger partial charge >= 0.3 is 0 Å². The zero-order valence-corrected chi connectivity index (χ0v) is 17.6. The van der Waals surface area contributed by atoms with Gasteiger partial charge in [0.2, 0.25) is 0 Å². The minimum Gasteiger partial charge on any atom is -0.490 e. The van der Waals surface area contributed by atoms with Gasteiger partial charge in [-0.15, -0.1) is 0 Å². The SMILES string of the molecule is CCOc1cc(CNc2cc(C)ccc2C)cc(Cl)c1OCc1ccccc1F. The number of nitrogens with one attached hydrogen (secondary N) is 1. The molecular weight excluding hydrogens is 389 g/mol. The van der Waals surface area contributed by atoms with Gasteiger partial charge in [-0.1, -0.05) is 41.9 Å². The summed E-state index contributed by atoms with van der Waals surface area (Å²) in [5.41, 5.74) is 4.89. The highest BCUT2D eigenvalue weighted by atomic mass is 35.5. The molecule has 152 valence electrons. The van der Waals surface area contributed by atoms with Crippen LogP contribution in [0.25, 0.3) is 0 Å². The van der Waals surface area contributed by atoms with Crippen molar-refractivity contribution in [1.29, 1.82) is 0 Å². The zero-order chi connectivity index (χ0) is 20.8. The van der Waals surface area contributed by atoms with Crippen molar-refractivity contribution >= 4 is 17.3 Å². The molecule has 0 bridgehead atoms. The maximum absolute atomic E-state index is 13.9. The fourth-order valence-electron chi connectivity index (χ4n) is 3.02. The highest BCUT2D eigenvalue weighted by Gasteiger charge is 2.14. The molecule has 0 saturated heterocycles. The summed E-state index contributed by atoms with van der Waals surface area (Å²) < 4.78 is 25.4. The maximum Gasteiger partial charge on any atom is 0.180 e. The standard InChI is InChI=1S/C24H25ClFNO2/c1-4-28-23-13-18(14-27-22-11-16(2)9-10-17(22)3)12-20(25)24(23)29-15-19-7-5-6-8-21(19)26/h5-13,27H,4,14-15H2,1-3H3. The predicted octanol–water partition coefficient (Wildman–Crippen LogP) is 6.69. The van der Waals surface area contributed by atoms with Crippen LogP contribution in [0.5, 0.6) is 11.5 Å². The molecule has 0 heterocycles. The first-order valence-corrected chi connectivity index (χ1v) is 9.98. The Labute approximate surface area is 176 Å². The molecule has 0 spiro atoms. The van der Waals surface area contributed by atoms with Crippen LogP contribution in [0, 0.1) is 19.7 Å². The summed E-state index contributed by atoms with van der Waals surface area (Å²) in [6.45, 7) is 7.18. The topological polar surface area (TPSA) is 30.5 Å². The quantitative estimate of drug-likeness (QED) is 0.446. The van der Waals surface area contributed by atoms with Crippen LogP contribution in [0.2, 0.25) is 5.02 Å². The molecule has 0 saturated carbocycles. The second-order valence-corrected chi connectivity index (χ2v) is 7.30. The minimum atomic E-state index is -0.309. The predicted molar refractivity (Wildman–Crippen MR) is 117 cm³/mol. The lowest BCUT2D eigenvalue weighted by Gasteiger charge is -2.16. The van der Waals surface area contributed by atoms with E-state index in [1.165, 1.54) is 17.2 Å². The molecule has 3 aromatic carbocycles. The van der Waals surface area contributed by atoms with Crippen LogP contribution in [-0.4, -0.2) is 6.61 Å². The molecule has 29 heavy (non-hydrogen) atoms. The van der Waals surface area contributed by atoms with Gasteiger partial charge in [0.05, 0.1) is 11.6 Å². The third-order valence-electron chi connectivity index (χ3n) is 4.58. The monoisotopic (exact) mass is 413 g/mol. The van der Waals surface area contributed by atoms with Gasteiger partial charge in [-0.2, -0.15) is 0 Å². The van der Waals surface area contributed by atoms with Gasteiger partial charge in [0.15, 0.2) is 11.5 Å². The Morgan fingerprint density at radius 1 is 1.00 bits per heavy atom.